The van der Waals surface area contributed by atoms with Crippen LogP contribution in [0.3, 0.4) is 0 Å². The number of nitro groups is 1. The average molecular weight is 296 g/mol. The van der Waals surface area contributed by atoms with Crippen molar-refractivity contribution in [3.63, 3.8) is 0 Å². The number of non-ortho nitro benzene ring substituents is 1. The lowest BCUT2D eigenvalue weighted by Crippen LogP contribution is -2.37. The van der Waals surface area contributed by atoms with Crippen molar-refractivity contribution < 1.29 is 19.6 Å². The molecule has 7 nitrogen and oxygen atoms in total. The van der Waals surface area contributed by atoms with E-state index in [1.165, 1.54) is 24.3 Å². The summed E-state index contributed by atoms with van der Waals surface area (Å²) in [7, 11) is 0. The molecule has 116 valence electrons. The van der Waals surface area contributed by atoms with E-state index < -0.39 is 4.92 Å². The molecule has 0 unspecified atom stereocenters. The molecule has 2 N–H and O–H groups in total. The van der Waals surface area contributed by atoms with Gasteiger partial charge in [-0.1, -0.05) is 13.8 Å². The van der Waals surface area contributed by atoms with E-state index in [2.05, 4.69) is 5.32 Å². The predicted octanol–water partition coefficient (Wildman–Crippen LogP) is 1.50. The van der Waals surface area contributed by atoms with Gasteiger partial charge in [0.2, 0.25) is 0 Å². The van der Waals surface area contributed by atoms with Gasteiger partial charge in [0.15, 0.2) is 6.61 Å². The molecule has 0 aliphatic heterocycles. The second kappa shape index (κ2) is 7.58. The number of aliphatic hydroxyl groups excluding tert-OH is 1. The third-order valence-electron chi connectivity index (χ3n) is 2.97. The maximum absolute atomic E-state index is 11.6. The molecule has 0 atom stereocenters. The van der Waals surface area contributed by atoms with Crippen molar-refractivity contribution in [1.82, 2.24) is 5.32 Å². The Morgan fingerprint density at radius 1 is 1.38 bits per heavy atom. The van der Waals surface area contributed by atoms with Crippen LogP contribution in [0.1, 0.15) is 20.3 Å². The highest BCUT2D eigenvalue weighted by Gasteiger charge is 2.18. The SMILES string of the molecule is CC(C)(CCO)CNC(=O)COc1ccc([N+](=O)[O-])cc1. The van der Waals surface area contributed by atoms with E-state index in [0.717, 1.165) is 0 Å². The summed E-state index contributed by atoms with van der Waals surface area (Å²) in [5, 5.41) is 22.1. The van der Waals surface area contributed by atoms with Crippen LogP contribution in [0.15, 0.2) is 24.3 Å². The molecule has 1 aromatic rings. The molecule has 1 rings (SSSR count). The second-order valence-corrected chi connectivity index (χ2v) is 5.45. The van der Waals surface area contributed by atoms with Gasteiger partial charge in [-0.2, -0.15) is 0 Å². The summed E-state index contributed by atoms with van der Waals surface area (Å²) >= 11 is 0. The normalized spacial score (nSPS) is 11.0. The van der Waals surface area contributed by atoms with Crippen molar-refractivity contribution in [1.29, 1.82) is 0 Å². The smallest absolute Gasteiger partial charge is 0.269 e. The molecule has 21 heavy (non-hydrogen) atoms. The Hall–Kier alpha value is -2.15. The summed E-state index contributed by atoms with van der Waals surface area (Å²) in [6.07, 6.45) is 0.594. The number of hydrogen-bond donors (Lipinski definition) is 2. The summed E-state index contributed by atoms with van der Waals surface area (Å²) in [6.45, 7) is 4.24. The fourth-order valence-corrected chi connectivity index (χ4v) is 1.59. The first-order chi connectivity index (χ1) is 9.84. The van der Waals surface area contributed by atoms with E-state index in [0.29, 0.717) is 18.7 Å². The molecule has 0 aliphatic rings. The van der Waals surface area contributed by atoms with E-state index in [1.54, 1.807) is 0 Å². The number of nitrogens with zero attached hydrogens (tertiary/aromatic N) is 1. The van der Waals surface area contributed by atoms with Crippen molar-refractivity contribution >= 4 is 11.6 Å². The van der Waals surface area contributed by atoms with Crippen LogP contribution in [0.2, 0.25) is 0 Å². The van der Waals surface area contributed by atoms with Gasteiger partial charge in [-0.3, -0.25) is 14.9 Å². The first-order valence-corrected chi connectivity index (χ1v) is 6.59. The van der Waals surface area contributed by atoms with Gasteiger partial charge < -0.3 is 15.2 Å². The van der Waals surface area contributed by atoms with Gasteiger partial charge in [-0.05, 0) is 24.0 Å². The lowest BCUT2D eigenvalue weighted by molar-refractivity contribution is -0.384. The molecule has 1 aromatic carbocycles. The number of ether oxygens (including phenoxy) is 1. The van der Waals surface area contributed by atoms with Gasteiger partial charge in [0.1, 0.15) is 5.75 Å². The van der Waals surface area contributed by atoms with Crippen molar-refractivity contribution in [3.8, 4) is 5.75 Å². The van der Waals surface area contributed by atoms with E-state index in [-0.39, 0.29) is 30.2 Å². The Balaban J connectivity index is 2.37. The Morgan fingerprint density at radius 2 is 2.00 bits per heavy atom. The summed E-state index contributed by atoms with van der Waals surface area (Å²) in [4.78, 5) is 21.6. The zero-order chi connectivity index (χ0) is 15.9. The van der Waals surface area contributed by atoms with Gasteiger partial charge in [-0.25, -0.2) is 0 Å². The summed E-state index contributed by atoms with van der Waals surface area (Å²) in [5.41, 5.74) is -0.213. The number of hydrogen-bond acceptors (Lipinski definition) is 5. The second-order valence-electron chi connectivity index (χ2n) is 5.45. The lowest BCUT2D eigenvalue weighted by Gasteiger charge is -2.23. The largest absolute Gasteiger partial charge is 0.484 e. The van der Waals surface area contributed by atoms with E-state index in [9.17, 15) is 14.9 Å². The van der Waals surface area contributed by atoms with Crippen LogP contribution in [-0.2, 0) is 4.79 Å². The van der Waals surface area contributed by atoms with Crippen molar-refractivity contribution in [2.45, 2.75) is 20.3 Å². The van der Waals surface area contributed by atoms with Gasteiger partial charge in [-0.15, -0.1) is 0 Å². The molecule has 0 saturated carbocycles. The molecule has 0 heterocycles. The van der Waals surface area contributed by atoms with E-state index in [4.69, 9.17) is 9.84 Å². The lowest BCUT2D eigenvalue weighted by atomic mass is 9.90. The molecular weight excluding hydrogens is 276 g/mol. The van der Waals surface area contributed by atoms with Gasteiger partial charge >= 0.3 is 0 Å². The summed E-state index contributed by atoms with van der Waals surface area (Å²) in [6, 6.07) is 5.53. The van der Waals surface area contributed by atoms with Crippen LogP contribution >= 0.6 is 0 Å². The monoisotopic (exact) mass is 296 g/mol. The van der Waals surface area contributed by atoms with Crippen LogP contribution < -0.4 is 10.1 Å². The number of nitro benzene ring substituents is 1. The fourth-order valence-electron chi connectivity index (χ4n) is 1.59. The van der Waals surface area contributed by atoms with Crippen molar-refractivity contribution in [3.05, 3.63) is 34.4 Å². The minimum atomic E-state index is -0.500. The Bertz CT molecular complexity index is 485. The van der Waals surface area contributed by atoms with Gasteiger partial charge in [0, 0.05) is 25.3 Å². The predicted molar refractivity (Wildman–Crippen MR) is 77.1 cm³/mol. The molecule has 1 amide bonds. The first kappa shape index (κ1) is 16.9. The van der Waals surface area contributed by atoms with Crippen molar-refractivity contribution in [2.75, 3.05) is 19.8 Å². The van der Waals surface area contributed by atoms with Crippen LogP contribution in [-0.4, -0.2) is 35.7 Å². The highest BCUT2D eigenvalue weighted by Crippen LogP contribution is 2.18. The highest BCUT2D eigenvalue weighted by molar-refractivity contribution is 5.77. The number of benzene rings is 1. The fraction of sp³-hybridized carbons (Fsp3) is 0.500. The standard InChI is InChI=1S/C14H20N2O5/c1-14(2,7-8-17)10-15-13(18)9-21-12-5-3-11(4-6-12)16(19)20/h3-6,17H,7-10H2,1-2H3,(H,15,18). The molecule has 0 fully saturated rings. The average Bonchev–Trinajstić information content (AvgIpc) is 2.43. The number of nitrogens with one attached hydrogen (secondary N) is 1. The number of amides is 1. The van der Waals surface area contributed by atoms with E-state index in [1.807, 2.05) is 13.8 Å². The molecule has 0 saturated heterocycles. The van der Waals surface area contributed by atoms with Crippen LogP contribution in [0.25, 0.3) is 0 Å². The number of carbonyl (C=O) groups is 1. The minimum Gasteiger partial charge on any atom is -0.484 e. The number of rotatable bonds is 8. The molecular formula is C14H20N2O5. The minimum absolute atomic E-state index is 0.0300. The zero-order valence-electron chi connectivity index (χ0n) is 12.2. The zero-order valence-corrected chi connectivity index (χ0v) is 12.2. The third kappa shape index (κ3) is 6.22. The third-order valence-corrected chi connectivity index (χ3v) is 2.97. The maximum Gasteiger partial charge on any atom is 0.269 e. The Labute approximate surface area is 123 Å². The van der Waals surface area contributed by atoms with Gasteiger partial charge in [0.05, 0.1) is 4.92 Å². The van der Waals surface area contributed by atoms with Gasteiger partial charge in [0.25, 0.3) is 11.6 Å². The molecule has 0 bridgehead atoms. The van der Waals surface area contributed by atoms with Crippen LogP contribution in [0.5, 0.6) is 5.75 Å². The quantitative estimate of drug-likeness (QED) is 0.559. The molecule has 0 spiro atoms. The first-order valence-electron chi connectivity index (χ1n) is 6.59. The summed E-state index contributed by atoms with van der Waals surface area (Å²) < 4.78 is 5.24. The van der Waals surface area contributed by atoms with Crippen molar-refractivity contribution in [2.24, 2.45) is 5.41 Å². The highest BCUT2D eigenvalue weighted by atomic mass is 16.6. The molecule has 0 aromatic heterocycles. The molecule has 0 radical (unpaired) electrons. The molecule has 0 aliphatic carbocycles. The van der Waals surface area contributed by atoms with Crippen LogP contribution in [0, 0.1) is 15.5 Å². The summed E-state index contributed by atoms with van der Waals surface area (Å²) in [5.74, 6) is 0.115. The number of carbonyl (C=O) groups excluding carboxylic acids is 1. The topological polar surface area (TPSA) is 102 Å². The number of aliphatic hydroxyl groups is 1. The van der Waals surface area contributed by atoms with Crippen LogP contribution in [0.4, 0.5) is 5.69 Å². The molecule has 7 heteroatoms. The Morgan fingerprint density at radius 3 is 2.52 bits per heavy atom. The van der Waals surface area contributed by atoms with E-state index >= 15 is 0 Å². The maximum atomic E-state index is 11.6. The Kier molecular flexibility index (Phi) is 6.10.